The third-order valence-electron chi connectivity index (χ3n) is 2.90. The van der Waals surface area contributed by atoms with E-state index >= 15 is 0 Å². The first-order valence-corrected chi connectivity index (χ1v) is 6.36. The number of benzene rings is 2. The molecule has 6 heteroatoms. The maximum absolute atomic E-state index is 13.0. The molecule has 2 N–H and O–H groups in total. The van der Waals surface area contributed by atoms with Crippen molar-refractivity contribution in [2.75, 3.05) is 5.32 Å². The second kappa shape index (κ2) is 5.93. The lowest BCUT2D eigenvalue weighted by molar-refractivity contribution is 0.0696. The van der Waals surface area contributed by atoms with Crippen LogP contribution in [0, 0.1) is 12.7 Å². The van der Waals surface area contributed by atoms with Gasteiger partial charge in [0, 0.05) is 5.56 Å². The van der Waals surface area contributed by atoms with Gasteiger partial charge >= 0.3 is 5.97 Å². The highest BCUT2D eigenvalue weighted by atomic mass is 35.5. The Balaban J connectivity index is 2.25. The quantitative estimate of drug-likeness (QED) is 0.907. The number of rotatable bonds is 3. The highest BCUT2D eigenvalue weighted by Crippen LogP contribution is 2.24. The molecule has 0 atom stereocenters. The summed E-state index contributed by atoms with van der Waals surface area (Å²) in [6.07, 6.45) is 0. The number of carboxylic acid groups (broad SMARTS) is 1. The van der Waals surface area contributed by atoms with E-state index in [-0.39, 0.29) is 16.3 Å². The van der Waals surface area contributed by atoms with Gasteiger partial charge in [-0.15, -0.1) is 0 Å². The number of aromatic carboxylic acids is 1. The van der Waals surface area contributed by atoms with Crippen molar-refractivity contribution < 1.29 is 19.1 Å². The van der Waals surface area contributed by atoms with Crippen molar-refractivity contribution in [1.29, 1.82) is 0 Å². The Hall–Kier alpha value is -2.40. The minimum atomic E-state index is -1.11. The average Bonchev–Trinajstić information content (AvgIpc) is 2.40. The van der Waals surface area contributed by atoms with Crippen LogP contribution < -0.4 is 5.32 Å². The number of hydrogen-bond acceptors (Lipinski definition) is 2. The maximum atomic E-state index is 13.0. The van der Waals surface area contributed by atoms with Crippen LogP contribution in [0.5, 0.6) is 0 Å². The van der Waals surface area contributed by atoms with Gasteiger partial charge in [0.15, 0.2) is 0 Å². The zero-order chi connectivity index (χ0) is 15.6. The molecule has 0 bridgehead atoms. The smallest absolute Gasteiger partial charge is 0.335 e. The van der Waals surface area contributed by atoms with Crippen molar-refractivity contribution in [3.8, 4) is 0 Å². The van der Waals surface area contributed by atoms with Gasteiger partial charge in [-0.25, -0.2) is 9.18 Å². The third-order valence-corrected chi connectivity index (χ3v) is 3.21. The highest BCUT2D eigenvalue weighted by molar-refractivity contribution is 6.34. The monoisotopic (exact) mass is 307 g/mol. The lowest BCUT2D eigenvalue weighted by atomic mass is 10.1. The molecule has 0 aliphatic heterocycles. The zero-order valence-corrected chi connectivity index (χ0v) is 11.7. The summed E-state index contributed by atoms with van der Waals surface area (Å²) in [5, 5.41) is 11.5. The van der Waals surface area contributed by atoms with Gasteiger partial charge in [0.05, 0.1) is 16.3 Å². The Labute approximate surface area is 125 Å². The SMILES string of the molecule is Cc1cc(F)ccc1C(=O)Nc1ccc(C(=O)O)cc1Cl. The van der Waals surface area contributed by atoms with Gasteiger partial charge in [-0.05, 0) is 48.9 Å². The minimum absolute atomic E-state index is 0.0240. The maximum Gasteiger partial charge on any atom is 0.335 e. The van der Waals surface area contributed by atoms with E-state index < -0.39 is 17.7 Å². The summed E-state index contributed by atoms with van der Waals surface area (Å²) in [7, 11) is 0. The molecule has 0 unspecified atom stereocenters. The normalized spacial score (nSPS) is 10.2. The lowest BCUT2D eigenvalue weighted by Gasteiger charge is -2.09. The molecule has 0 spiro atoms. The number of hydrogen-bond donors (Lipinski definition) is 2. The van der Waals surface area contributed by atoms with E-state index in [9.17, 15) is 14.0 Å². The number of carboxylic acids is 1. The van der Waals surface area contributed by atoms with Gasteiger partial charge in [0.25, 0.3) is 5.91 Å². The number of carbonyl (C=O) groups is 2. The molecule has 2 aromatic rings. The first-order valence-electron chi connectivity index (χ1n) is 5.99. The fourth-order valence-corrected chi connectivity index (χ4v) is 2.05. The number of anilines is 1. The Morgan fingerprint density at radius 2 is 1.90 bits per heavy atom. The summed E-state index contributed by atoms with van der Waals surface area (Å²) in [6, 6.07) is 7.81. The van der Waals surface area contributed by atoms with Gasteiger partial charge in [0.1, 0.15) is 5.82 Å². The molecule has 0 heterocycles. The van der Waals surface area contributed by atoms with Crippen molar-refractivity contribution in [2.24, 2.45) is 0 Å². The van der Waals surface area contributed by atoms with Gasteiger partial charge in [0.2, 0.25) is 0 Å². The van der Waals surface area contributed by atoms with Crippen LogP contribution in [0.3, 0.4) is 0 Å². The summed E-state index contributed by atoms with van der Waals surface area (Å²) in [6.45, 7) is 1.62. The molecule has 2 aromatic carbocycles. The van der Waals surface area contributed by atoms with Crippen LogP contribution in [-0.2, 0) is 0 Å². The van der Waals surface area contributed by atoms with E-state index in [0.29, 0.717) is 11.1 Å². The fourth-order valence-electron chi connectivity index (χ4n) is 1.82. The van der Waals surface area contributed by atoms with Crippen LogP contribution in [-0.4, -0.2) is 17.0 Å². The van der Waals surface area contributed by atoms with E-state index in [1.54, 1.807) is 6.92 Å². The third kappa shape index (κ3) is 3.38. The van der Waals surface area contributed by atoms with Gasteiger partial charge in [-0.1, -0.05) is 11.6 Å². The summed E-state index contributed by atoms with van der Waals surface area (Å²) in [5.41, 5.74) is 1.12. The molecule has 0 radical (unpaired) electrons. The van der Waals surface area contributed by atoms with Crippen molar-refractivity contribution in [3.63, 3.8) is 0 Å². The summed E-state index contributed by atoms with van der Waals surface area (Å²) in [5.74, 6) is -1.98. The summed E-state index contributed by atoms with van der Waals surface area (Å²) >= 11 is 5.93. The van der Waals surface area contributed by atoms with Crippen molar-refractivity contribution in [1.82, 2.24) is 0 Å². The first kappa shape index (κ1) is 15.0. The molecule has 1 amide bonds. The summed E-state index contributed by atoms with van der Waals surface area (Å²) < 4.78 is 13.0. The second-order valence-corrected chi connectivity index (χ2v) is 4.82. The highest BCUT2D eigenvalue weighted by Gasteiger charge is 2.13. The molecule has 0 fully saturated rings. The molecule has 0 aliphatic carbocycles. The van der Waals surface area contributed by atoms with Crippen LogP contribution in [0.4, 0.5) is 10.1 Å². The Morgan fingerprint density at radius 3 is 2.48 bits per heavy atom. The summed E-state index contributed by atoms with van der Waals surface area (Å²) in [4.78, 5) is 22.9. The van der Waals surface area contributed by atoms with Crippen LogP contribution in [0.15, 0.2) is 36.4 Å². The Kier molecular flexibility index (Phi) is 4.23. The largest absolute Gasteiger partial charge is 0.478 e. The molecule has 4 nitrogen and oxygen atoms in total. The van der Waals surface area contributed by atoms with Gasteiger partial charge in [-0.2, -0.15) is 0 Å². The Bertz CT molecular complexity index is 731. The minimum Gasteiger partial charge on any atom is -0.478 e. The molecule has 2 rings (SSSR count). The standard InChI is InChI=1S/C15H11ClFNO3/c1-8-6-10(17)3-4-11(8)14(19)18-13-5-2-9(15(20)21)7-12(13)16/h2-7H,1H3,(H,18,19)(H,20,21). The molecule has 0 saturated heterocycles. The van der Waals surface area contributed by atoms with Crippen molar-refractivity contribution >= 4 is 29.2 Å². The van der Waals surface area contributed by atoms with Crippen LogP contribution in [0.2, 0.25) is 5.02 Å². The fraction of sp³-hybridized carbons (Fsp3) is 0.0667. The molecule has 0 saturated carbocycles. The second-order valence-electron chi connectivity index (χ2n) is 4.41. The van der Waals surface area contributed by atoms with E-state index in [0.717, 1.165) is 0 Å². The van der Waals surface area contributed by atoms with Gasteiger partial charge in [-0.3, -0.25) is 4.79 Å². The molecular weight excluding hydrogens is 297 g/mol. The van der Waals surface area contributed by atoms with Crippen LogP contribution in [0.25, 0.3) is 0 Å². The van der Waals surface area contributed by atoms with Crippen LogP contribution in [0.1, 0.15) is 26.3 Å². The lowest BCUT2D eigenvalue weighted by Crippen LogP contribution is -2.14. The van der Waals surface area contributed by atoms with E-state index in [4.69, 9.17) is 16.7 Å². The molecular formula is C15H11ClFNO3. The topological polar surface area (TPSA) is 66.4 Å². The predicted molar refractivity (Wildman–Crippen MR) is 77.5 cm³/mol. The number of halogens is 2. The number of carbonyl (C=O) groups excluding carboxylic acids is 1. The van der Waals surface area contributed by atoms with Gasteiger partial charge < -0.3 is 10.4 Å². The predicted octanol–water partition coefficient (Wildman–Crippen LogP) is 3.74. The molecule has 0 aromatic heterocycles. The van der Waals surface area contributed by atoms with Crippen molar-refractivity contribution in [3.05, 3.63) is 63.9 Å². The van der Waals surface area contributed by atoms with E-state index in [2.05, 4.69) is 5.32 Å². The van der Waals surface area contributed by atoms with E-state index in [1.165, 1.54) is 36.4 Å². The molecule has 21 heavy (non-hydrogen) atoms. The number of nitrogens with one attached hydrogen (secondary N) is 1. The molecule has 108 valence electrons. The number of aryl methyl sites for hydroxylation is 1. The van der Waals surface area contributed by atoms with Crippen LogP contribution >= 0.6 is 11.6 Å². The average molecular weight is 308 g/mol. The number of amides is 1. The Morgan fingerprint density at radius 1 is 1.19 bits per heavy atom. The zero-order valence-electron chi connectivity index (χ0n) is 11.0. The van der Waals surface area contributed by atoms with Crippen molar-refractivity contribution in [2.45, 2.75) is 6.92 Å². The first-order chi connectivity index (χ1) is 9.88. The van der Waals surface area contributed by atoms with E-state index in [1.807, 2.05) is 0 Å². The molecule has 0 aliphatic rings.